The van der Waals surface area contributed by atoms with Gasteiger partial charge in [0.15, 0.2) is 0 Å². The van der Waals surface area contributed by atoms with Gasteiger partial charge in [-0.1, -0.05) is 6.07 Å². The van der Waals surface area contributed by atoms with Crippen molar-refractivity contribution in [2.24, 2.45) is 12.5 Å². The van der Waals surface area contributed by atoms with Crippen molar-refractivity contribution in [1.29, 1.82) is 5.26 Å². The number of nitrogens with one attached hydrogen (secondary N) is 1. The van der Waals surface area contributed by atoms with Crippen molar-refractivity contribution >= 4 is 23.6 Å². The Morgan fingerprint density at radius 1 is 1.13 bits per heavy atom. The molecule has 208 valence electrons. The highest BCUT2D eigenvalue weighted by Crippen LogP contribution is 2.59. The number of nitrogens with zero attached hydrogens (tertiary/aromatic N) is 4. The fourth-order valence-corrected chi connectivity index (χ4v) is 6.19. The Balaban J connectivity index is 1.42. The van der Waals surface area contributed by atoms with Crippen LogP contribution in [0.5, 0.6) is 0 Å². The molecular weight excluding hydrogens is 548 g/mol. The van der Waals surface area contributed by atoms with Gasteiger partial charge in [-0.25, -0.2) is 0 Å². The number of carbonyl (C=O) groups is 2. The first-order valence-electron chi connectivity index (χ1n) is 12.2. The van der Waals surface area contributed by atoms with Crippen molar-refractivity contribution in [3.63, 3.8) is 0 Å². The maximum Gasteiger partial charge on any atom is 0.417 e. The molecule has 2 saturated carbocycles. The minimum absolute atomic E-state index is 0.153. The van der Waals surface area contributed by atoms with Crippen molar-refractivity contribution in [2.75, 3.05) is 6.54 Å². The van der Waals surface area contributed by atoms with E-state index < -0.39 is 64.8 Å². The number of nitriles is 1. The Hall–Kier alpha value is -3.21. The van der Waals surface area contributed by atoms with Crippen molar-refractivity contribution in [1.82, 2.24) is 20.0 Å². The zero-order valence-electron chi connectivity index (χ0n) is 20.6. The molecule has 3 aliphatic rings. The Bertz CT molecular complexity index is 1360. The van der Waals surface area contributed by atoms with Gasteiger partial charge < -0.3 is 10.2 Å². The van der Waals surface area contributed by atoms with E-state index >= 15 is 0 Å². The Kier molecular flexibility index (Phi) is 6.44. The number of rotatable bonds is 6. The number of alkyl halides is 6. The molecule has 0 unspecified atom stereocenters. The normalized spacial score (nSPS) is 23.3. The van der Waals surface area contributed by atoms with Crippen molar-refractivity contribution in [2.45, 2.75) is 66.2 Å². The zero-order chi connectivity index (χ0) is 28.4. The quantitative estimate of drug-likeness (QED) is 0.509. The van der Waals surface area contributed by atoms with E-state index in [0.717, 1.165) is 22.7 Å². The molecule has 7 nitrogen and oxygen atoms in total. The molecule has 1 aromatic heterocycles. The SMILES string of the molecule is Cn1cc(-c2ccc(S[C@@H]3C[C@@H](C(=O)NC4(C#N)CC4)N(C(=O)C4(C(F)(F)F)CC4)C3)c(C(F)(F)F)c2)cn1. The summed E-state index contributed by atoms with van der Waals surface area (Å²) in [6.07, 6.45) is -6.78. The average molecular weight is 572 g/mol. The topological polar surface area (TPSA) is 91.0 Å². The minimum Gasteiger partial charge on any atom is -0.336 e. The van der Waals surface area contributed by atoms with Crippen LogP contribution in [0.3, 0.4) is 0 Å². The van der Waals surface area contributed by atoms with Gasteiger partial charge in [0.2, 0.25) is 11.8 Å². The number of likely N-dealkylation sites (tertiary alicyclic amines) is 1. The number of benzene rings is 1. The summed E-state index contributed by atoms with van der Waals surface area (Å²) in [6.45, 7) is -0.333. The van der Waals surface area contributed by atoms with E-state index in [-0.39, 0.29) is 23.4 Å². The smallest absolute Gasteiger partial charge is 0.336 e. The zero-order valence-corrected chi connectivity index (χ0v) is 21.4. The highest BCUT2D eigenvalue weighted by molar-refractivity contribution is 8.00. The van der Waals surface area contributed by atoms with Crippen LogP contribution in [0.4, 0.5) is 26.3 Å². The van der Waals surface area contributed by atoms with Gasteiger partial charge in [0.25, 0.3) is 0 Å². The van der Waals surface area contributed by atoms with Crippen molar-refractivity contribution < 1.29 is 35.9 Å². The lowest BCUT2D eigenvalue weighted by molar-refractivity contribution is -0.199. The number of halogens is 6. The van der Waals surface area contributed by atoms with Crippen LogP contribution in [0.15, 0.2) is 35.5 Å². The molecule has 1 aliphatic heterocycles. The highest BCUT2D eigenvalue weighted by atomic mass is 32.2. The van der Waals surface area contributed by atoms with Crippen LogP contribution in [0.2, 0.25) is 0 Å². The number of carbonyl (C=O) groups excluding carboxylic acids is 2. The molecule has 1 saturated heterocycles. The van der Waals surface area contributed by atoms with Crippen LogP contribution in [0, 0.1) is 16.7 Å². The summed E-state index contributed by atoms with van der Waals surface area (Å²) in [5.74, 6) is -2.02. The van der Waals surface area contributed by atoms with Crippen LogP contribution in [-0.2, 0) is 22.8 Å². The van der Waals surface area contributed by atoms with E-state index in [4.69, 9.17) is 0 Å². The van der Waals surface area contributed by atoms with Gasteiger partial charge in [0.05, 0.1) is 17.8 Å². The lowest BCUT2D eigenvalue weighted by Gasteiger charge is -2.29. The predicted molar refractivity (Wildman–Crippen MR) is 127 cm³/mol. The molecule has 5 rings (SSSR count). The van der Waals surface area contributed by atoms with Crippen LogP contribution in [0.25, 0.3) is 11.1 Å². The largest absolute Gasteiger partial charge is 0.417 e. The van der Waals surface area contributed by atoms with Crippen LogP contribution in [-0.4, -0.2) is 56.0 Å². The second-order valence-electron chi connectivity index (χ2n) is 10.3. The van der Waals surface area contributed by atoms with Crippen LogP contribution < -0.4 is 5.32 Å². The summed E-state index contributed by atoms with van der Waals surface area (Å²) < 4.78 is 84.8. The summed E-state index contributed by atoms with van der Waals surface area (Å²) in [5.41, 5.74) is -3.88. The van der Waals surface area contributed by atoms with E-state index in [1.807, 2.05) is 6.07 Å². The number of aromatic nitrogens is 2. The van der Waals surface area contributed by atoms with Crippen molar-refractivity contribution in [3.05, 3.63) is 36.2 Å². The number of thioether (sulfide) groups is 1. The molecule has 1 aromatic carbocycles. The van der Waals surface area contributed by atoms with Gasteiger partial charge in [-0.15, -0.1) is 11.8 Å². The first kappa shape index (κ1) is 27.4. The summed E-state index contributed by atoms with van der Waals surface area (Å²) in [4.78, 5) is 26.9. The third-order valence-electron chi connectivity index (χ3n) is 7.47. The van der Waals surface area contributed by atoms with E-state index in [1.165, 1.54) is 23.0 Å². The summed E-state index contributed by atoms with van der Waals surface area (Å²) in [6, 6.07) is 4.38. The fourth-order valence-electron chi connectivity index (χ4n) is 4.87. The van der Waals surface area contributed by atoms with Gasteiger partial charge in [-0.3, -0.25) is 14.3 Å². The molecule has 1 N–H and O–H groups in total. The Morgan fingerprint density at radius 2 is 1.82 bits per heavy atom. The molecule has 0 radical (unpaired) electrons. The standard InChI is InChI=1S/C25H23F6N5O2S/c1-35-11-15(10-33-35)14-2-3-19(17(8-14)24(26,27)28)39-16-9-18(20(37)34-22(13-32)4-5-22)36(12-16)21(38)23(6-7-23)25(29,30)31/h2-3,8,10-11,16,18H,4-7,9,12H2,1H3,(H,34,37)/t16-,18+/m1/s1. The fraction of sp³-hybridized carbons (Fsp3) is 0.520. The van der Waals surface area contributed by atoms with Crippen LogP contribution in [0.1, 0.15) is 37.7 Å². The monoisotopic (exact) mass is 571 g/mol. The van der Waals surface area contributed by atoms with Gasteiger partial charge in [-0.05, 0) is 49.8 Å². The summed E-state index contributed by atoms with van der Waals surface area (Å²) in [5, 5.41) is 15.0. The third kappa shape index (κ3) is 5.08. The van der Waals surface area contributed by atoms with Gasteiger partial charge in [-0.2, -0.15) is 36.7 Å². The summed E-state index contributed by atoms with van der Waals surface area (Å²) in [7, 11) is 1.63. The van der Waals surface area contributed by atoms with Crippen molar-refractivity contribution in [3.8, 4) is 17.2 Å². The van der Waals surface area contributed by atoms with E-state index in [2.05, 4.69) is 10.4 Å². The number of amides is 2. The number of hydrogen-bond donors (Lipinski definition) is 1. The third-order valence-corrected chi connectivity index (χ3v) is 8.76. The Morgan fingerprint density at radius 3 is 2.33 bits per heavy atom. The first-order valence-corrected chi connectivity index (χ1v) is 13.0. The predicted octanol–water partition coefficient (Wildman–Crippen LogP) is 4.68. The first-order chi connectivity index (χ1) is 18.2. The molecule has 14 heteroatoms. The second-order valence-corrected chi connectivity index (χ2v) is 11.7. The molecule has 2 aromatic rings. The van der Waals surface area contributed by atoms with E-state index in [0.29, 0.717) is 18.4 Å². The molecule has 2 aliphatic carbocycles. The maximum absolute atomic E-state index is 14.0. The molecule has 2 atom stereocenters. The molecule has 0 spiro atoms. The minimum atomic E-state index is -4.81. The molecule has 2 heterocycles. The van der Waals surface area contributed by atoms with Gasteiger partial charge >= 0.3 is 12.4 Å². The molecule has 0 bridgehead atoms. The van der Waals surface area contributed by atoms with E-state index in [1.54, 1.807) is 13.2 Å². The molecule has 2 amide bonds. The summed E-state index contributed by atoms with van der Waals surface area (Å²) >= 11 is 0.773. The molecule has 39 heavy (non-hydrogen) atoms. The Labute approximate surface area is 223 Å². The number of aryl methyl sites for hydroxylation is 1. The molecular formula is C25H23F6N5O2S. The lowest BCUT2D eigenvalue weighted by atomic mass is 10.0. The lowest BCUT2D eigenvalue weighted by Crippen LogP contribution is -2.53. The van der Waals surface area contributed by atoms with Gasteiger partial charge in [0, 0.05) is 35.5 Å². The molecule has 3 fully saturated rings. The number of hydrogen-bond acceptors (Lipinski definition) is 5. The van der Waals surface area contributed by atoms with E-state index in [9.17, 15) is 41.2 Å². The average Bonchev–Trinajstić information content (AvgIpc) is 3.75. The highest BCUT2D eigenvalue weighted by Gasteiger charge is 2.70. The van der Waals surface area contributed by atoms with Crippen LogP contribution >= 0.6 is 11.8 Å². The maximum atomic E-state index is 14.0. The van der Waals surface area contributed by atoms with Gasteiger partial charge in [0.1, 0.15) is 17.0 Å². The second kappa shape index (κ2) is 9.18.